The van der Waals surface area contributed by atoms with Gasteiger partial charge in [-0.05, 0) is 123 Å². The molecule has 0 aliphatic carbocycles. The third-order valence-electron chi connectivity index (χ3n) is 9.56. The van der Waals surface area contributed by atoms with Gasteiger partial charge in [0.05, 0.1) is 40.0 Å². The first kappa shape index (κ1) is 41.9. The lowest BCUT2D eigenvalue weighted by molar-refractivity contribution is -0.137. The molecule has 4 N–H and O–H groups in total. The van der Waals surface area contributed by atoms with E-state index in [0.717, 1.165) is 50.5 Å². The number of nitrogens with one attached hydrogen (secondary N) is 4. The zero-order chi connectivity index (χ0) is 42.4. The molecule has 0 saturated carbocycles. The predicted octanol–water partition coefficient (Wildman–Crippen LogP) is 10.2. The van der Waals surface area contributed by atoms with E-state index in [2.05, 4.69) is 25.7 Å². The van der Waals surface area contributed by atoms with E-state index < -0.39 is 53.4 Å². The molecule has 0 bridgehead atoms. The number of halogens is 3. The summed E-state index contributed by atoms with van der Waals surface area (Å²) < 4.78 is 62.7. The molecule has 3 aromatic heterocycles. The molecule has 6 aromatic rings. The number of ether oxygens (including phenoxy) is 2. The van der Waals surface area contributed by atoms with E-state index in [1.807, 2.05) is 84.9 Å². The van der Waals surface area contributed by atoms with Gasteiger partial charge in [0, 0.05) is 46.0 Å². The van der Waals surface area contributed by atoms with Crippen LogP contribution in [-0.4, -0.2) is 61.5 Å². The summed E-state index contributed by atoms with van der Waals surface area (Å²) in [6.07, 6.45) is 1.37. The molecular weight excluding hydrogens is 752 g/mol. The van der Waals surface area contributed by atoms with E-state index in [0.29, 0.717) is 17.1 Å². The van der Waals surface area contributed by atoms with Crippen LogP contribution >= 0.6 is 0 Å². The van der Waals surface area contributed by atoms with Crippen molar-refractivity contribution in [2.24, 2.45) is 0 Å². The SMILES string of the molecule is CC(C)(C)OC(=O)Nc1c[nH]c2ccc(-c3cnn(-c4ccc(C(F)(F)F)cc4)c3)cc12.CC(C)(C)OC(=O)Nc1c[nH]c2ccc(B3OC(C)(C)C(C)(C)O3)cc12. The van der Waals surface area contributed by atoms with Crippen LogP contribution < -0.4 is 16.1 Å². The van der Waals surface area contributed by atoms with Gasteiger partial charge in [-0.25, -0.2) is 14.3 Å². The average Bonchev–Trinajstić information content (AvgIpc) is 3.88. The number of hydrogen-bond acceptors (Lipinski definition) is 7. The summed E-state index contributed by atoms with van der Waals surface area (Å²) in [4.78, 5) is 30.5. The summed E-state index contributed by atoms with van der Waals surface area (Å²) in [5.74, 6) is 0. The molecular formula is C42H48BF3N6O6. The zero-order valence-electron chi connectivity index (χ0n) is 34.1. The van der Waals surface area contributed by atoms with Gasteiger partial charge in [0.1, 0.15) is 11.2 Å². The number of H-pyrrole nitrogens is 2. The highest BCUT2D eigenvalue weighted by atomic mass is 19.4. The molecule has 3 aromatic carbocycles. The number of hydrogen-bond donors (Lipinski definition) is 4. The van der Waals surface area contributed by atoms with Crippen LogP contribution in [0.25, 0.3) is 38.6 Å². The molecule has 0 unspecified atom stereocenters. The monoisotopic (exact) mass is 800 g/mol. The van der Waals surface area contributed by atoms with E-state index in [1.54, 1.807) is 45.6 Å². The lowest BCUT2D eigenvalue weighted by atomic mass is 9.78. The highest BCUT2D eigenvalue weighted by molar-refractivity contribution is 6.62. The lowest BCUT2D eigenvalue weighted by Crippen LogP contribution is -2.41. The fourth-order valence-corrected chi connectivity index (χ4v) is 6.01. The van der Waals surface area contributed by atoms with E-state index >= 15 is 0 Å². The van der Waals surface area contributed by atoms with Crippen LogP contribution in [0.15, 0.2) is 85.5 Å². The maximum Gasteiger partial charge on any atom is 0.494 e. The number of fused-ring (bicyclic) bond motifs is 2. The molecule has 16 heteroatoms. The summed E-state index contributed by atoms with van der Waals surface area (Å²) in [6, 6.07) is 16.4. The molecule has 4 heterocycles. The van der Waals surface area contributed by atoms with Gasteiger partial charge in [0.2, 0.25) is 0 Å². The number of carbonyl (C=O) groups excluding carboxylic acids is 2. The number of rotatable bonds is 5. The second kappa shape index (κ2) is 15.2. The second-order valence-electron chi connectivity index (χ2n) is 17.0. The van der Waals surface area contributed by atoms with Crippen molar-refractivity contribution in [1.29, 1.82) is 0 Å². The standard InChI is InChI=1S/C23H21F3N4O2.C19H27BN2O4/c1-22(2,3)32-21(31)29-20-12-27-19-9-4-14(10-18(19)20)15-11-28-30(13-15)17-7-5-16(6-8-17)23(24,25)26;1-17(2,3)24-16(23)22-15-11-21-14-9-8-12(10-13(14)15)20-25-18(4,5)19(6,7)26-20/h4-13,27H,1-3H3,(H,29,31);8-11,21H,1-7H3,(H,22,23). The number of amides is 2. The number of anilines is 2. The minimum absolute atomic E-state index is 0.400. The molecule has 1 aliphatic rings. The summed E-state index contributed by atoms with van der Waals surface area (Å²) in [6.45, 7) is 19.0. The van der Waals surface area contributed by atoms with Crippen LogP contribution in [0.4, 0.5) is 34.1 Å². The second-order valence-corrected chi connectivity index (χ2v) is 17.0. The highest BCUT2D eigenvalue weighted by Crippen LogP contribution is 2.37. The molecule has 58 heavy (non-hydrogen) atoms. The Labute approximate surface area is 334 Å². The number of carbonyl (C=O) groups is 2. The first-order valence-corrected chi connectivity index (χ1v) is 18.7. The van der Waals surface area contributed by atoms with Crippen LogP contribution in [0.5, 0.6) is 0 Å². The fourth-order valence-electron chi connectivity index (χ4n) is 6.01. The number of alkyl halides is 3. The summed E-state index contributed by atoms with van der Waals surface area (Å²) in [5.41, 5.74) is 3.32. The van der Waals surface area contributed by atoms with Crippen molar-refractivity contribution in [2.75, 3.05) is 10.6 Å². The van der Waals surface area contributed by atoms with Gasteiger partial charge in [-0.15, -0.1) is 0 Å². The zero-order valence-corrected chi connectivity index (χ0v) is 34.1. The Hall–Kier alpha value is -5.74. The first-order chi connectivity index (χ1) is 26.9. The largest absolute Gasteiger partial charge is 0.494 e. The van der Waals surface area contributed by atoms with Gasteiger partial charge < -0.3 is 28.8 Å². The molecule has 1 aliphatic heterocycles. The Morgan fingerprint density at radius 2 is 1.22 bits per heavy atom. The summed E-state index contributed by atoms with van der Waals surface area (Å²) in [5, 5.41) is 11.5. The Morgan fingerprint density at radius 1 is 0.724 bits per heavy atom. The summed E-state index contributed by atoms with van der Waals surface area (Å²) in [7, 11) is -0.450. The minimum Gasteiger partial charge on any atom is -0.444 e. The van der Waals surface area contributed by atoms with Crippen molar-refractivity contribution in [3.8, 4) is 16.8 Å². The summed E-state index contributed by atoms with van der Waals surface area (Å²) >= 11 is 0. The van der Waals surface area contributed by atoms with Crippen molar-refractivity contribution < 1.29 is 41.5 Å². The Morgan fingerprint density at radius 3 is 1.72 bits per heavy atom. The molecule has 0 spiro atoms. The van der Waals surface area contributed by atoms with Crippen molar-refractivity contribution in [1.82, 2.24) is 19.7 Å². The lowest BCUT2D eigenvalue weighted by Gasteiger charge is -2.32. The smallest absolute Gasteiger partial charge is 0.444 e. The van der Waals surface area contributed by atoms with Gasteiger partial charge in [-0.2, -0.15) is 18.3 Å². The van der Waals surface area contributed by atoms with Crippen molar-refractivity contribution in [3.05, 3.63) is 91.0 Å². The van der Waals surface area contributed by atoms with E-state index in [1.165, 1.54) is 16.8 Å². The van der Waals surface area contributed by atoms with E-state index in [-0.39, 0.29) is 0 Å². The normalized spacial score (nSPS) is 15.2. The van der Waals surface area contributed by atoms with Gasteiger partial charge in [0.15, 0.2) is 0 Å². The number of nitrogens with zero attached hydrogens (tertiary/aromatic N) is 2. The molecule has 306 valence electrons. The van der Waals surface area contributed by atoms with Gasteiger partial charge in [-0.3, -0.25) is 10.6 Å². The molecule has 1 fully saturated rings. The quantitative estimate of drug-likeness (QED) is 0.127. The van der Waals surface area contributed by atoms with Gasteiger partial charge >= 0.3 is 25.5 Å². The number of benzene rings is 3. The Balaban J connectivity index is 0.000000200. The predicted molar refractivity (Wildman–Crippen MR) is 220 cm³/mol. The van der Waals surface area contributed by atoms with E-state index in [9.17, 15) is 22.8 Å². The first-order valence-electron chi connectivity index (χ1n) is 18.7. The Kier molecular flexibility index (Phi) is 11.0. The Bertz CT molecular complexity index is 2420. The highest BCUT2D eigenvalue weighted by Gasteiger charge is 2.51. The van der Waals surface area contributed by atoms with Crippen LogP contribution in [0, 0.1) is 0 Å². The molecule has 2 amide bonds. The third-order valence-corrected chi connectivity index (χ3v) is 9.56. The average molecular weight is 801 g/mol. The van der Waals surface area contributed by atoms with Crippen molar-refractivity contribution in [3.63, 3.8) is 0 Å². The third kappa shape index (κ3) is 9.68. The van der Waals surface area contributed by atoms with Crippen LogP contribution in [-0.2, 0) is 25.0 Å². The molecule has 1 saturated heterocycles. The molecule has 0 radical (unpaired) electrons. The fraction of sp³-hybridized carbons (Fsp3) is 0.357. The number of aromatic nitrogens is 4. The maximum atomic E-state index is 12.8. The molecule has 0 atom stereocenters. The van der Waals surface area contributed by atoms with E-state index in [4.69, 9.17) is 18.8 Å². The van der Waals surface area contributed by atoms with Crippen LogP contribution in [0.1, 0.15) is 74.8 Å². The van der Waals surface area contributed by atoms with Gasteiger partial charge in [-0.1, -0.05) is 18.2 Å². The maximum absolute atomic E-state index is 12.8. The topological polar surface area (TPSA) is 145 Å². The van der Waals surface area contributed by atoms with Crippen LogP contribution in [0.3, 0.4) is 0 Å². The minimum atomic E-state index is -4.38. The molecule has 7 rings (SSSR count). The number of aromatic amines is 2. The van der Waals surface area contributed by atoms with Crippen LogP contribution in [0.2, 0.25) is 0 Å². The van der Waals surface area contributed by atoms with Crippen molar-refractivity contribution >= 4 is 57.9 Å². The van der Waals surface area contributed by atoms with Crippen molar-refractivity contribution in [2.45, 2.75) is 97.8 Å². The molecule has 12 nitrogen and oxygen atoms in total. The van der Waals surface area contributed by atoms with Gasteiger partial charge in [0.25, 0.3) is 0 Å².